The number of rotatable bonds is 6. The van der Waals surface area contributed by atoms with Crippen LogP contribution in [0.25, 0.3) is 0 Å². The van der Waals surface area contributed by atoms with Crippen molar-refractivity contribution in [3.05, 3.63) is 23.7 Å². The molecule has 1 amide bonds. The molecule has 1 aromatic heterocycles. The molecule has 1 N–H and O–H groups in total. The van der Waals surface area contributed by atoms with Gasteiger partial charge in [-0.05, 0) is 18.6 Å². The molecule has 0 aliphatic heterocycles. The molecule has 17 heavy (non-hydrogen) atoms. The summed E-state index contributed by atoms with van der Waals surface area (Å²) in [4.78, 5) is 12.0. The Morgan fingerprint density at radius 1 is 1.35 bits per heavy atom. The zero-order valence-corrected chi connectivity index (χ0v) is 13.2. The SMILES string of the molecule is CCc1ccc(C(=O)NC(CC)(CBr)CBr)o1. The first kappa shape index (κ1) is 14.8. The van der Waals surface area contributed by atoms with Crippen LogP contribution >= 0.6 is 31.9 Å². The second-order valence-electron chi connectivity index (χ2n) is 3.97. The van der Waals surface area contributed by atoms with Crippen LogP contribution in [-0.2, 0) is 6.42 Å². The van der Waals surface area contributed by atoms with Crippen molar-refractivity contribution in [2.24, 2.45) is 0 Å². The summed E-state index contributed by atoms with van der Waals surface area (Å²) in [5.74, 6) is 1.04. The van der Waals surface area contributed by atoms with Crippen LogP contribution in [0.1, 0.15) is 36.6 Å². The van der Waals surface area contributed by atoms with Crippen molar-refractivity contribution in [3.63, 3.8) is 0 Å². The van der Waals surface area contributed by atoms with Gasteiger partial charge in [0.05, 0.1) is 5.54 Å². The molecule has 0 spiro atoms. The summed E-state index contributed by atoms with van der Waals surface area (Å²) in [5, 5.41) is 4.41. The molecule has 1 rings (SSSR count). The fourth-order valence-corrected chi connectivity index (χ4v) is 3.37. The van der Waals surface area contributed by atoms with Gasteiger partial charge in [-0.15, -0.1) is 0 Å². The van der Waals surface area contributed by atoms with Gasteiger partial charge >= 0.3 is 0 Å². The topological polar surface area (TPSA) is 42.2 Å². The van der Waals surface area contributed by atoms with E-state index in [1.165, 1.54) is 0 Å². The van der Waals surface area contributed by atoms with Gasteiger partial charge < -0.3 is 9.73 Å². The maximum atomic E-state index is 12.0. The first-order valence-electron chi connectivity index (χ1n) is 5.64. The Labute approximate surface area is 119 Å². The van der Waals surface area contributed by atoms with Gasteiger partial charge in [-0.3, -0.25) is 4.79 Å². The molecule has 5 heteroatoms. The third kappa shape index (κ3) is 3.58. The van der Waals surface area contributed by atoms with E-state index in [4.69, 9.17) is 4.42 Å². The number of carbonyl (C=O) groups excluding carboxylic acids is 1. The summed E-state index contributed by atoms with van der Waals surface area (Å²) >= 11 is 6.88. The normalized spacial score (nSPS) is 11.5. The highest BCUT2D eigenvalue weighted by Gasteiger charge is 2.29. The Morgan fingerprint density at radius 3 is 2.41 bits per heavy atom. The minimum absolute atomic E-state index is 0.162. The number of halogens is 2. The monoisotopic (exact) mass is 365 g/mol. The van der Waals surface area contributed by atoms with E-state index in [1.807, 2.05) is 19.9 Å². The second kappa shape index (κ2) is 6.59. The molecule has 0 aromatic carbocycles. The van der Waals surface area contributed by atoms with Crippen LogP contribution in [0.5, 0.6) is 0 Å². The lowest BCUT2D eigenvalue weighted by atomic mass is 10.0. The van der Waals surface area contributed by atoms with E-state index in [1.54, 1.807) is 6.07 Å². The standard InChI is InChI=1S/C12H17Br2NO2/c1-3-9-5-6-10(17-9)11(16)15-12(4-2,7-13)8-14/h5-6H,3-4,7-8H2,1-2H3,(H,15,16). The van der Waals surface area contributed by atoms with Crippen LogP contribution in [0, 0.1) is 0 Å². The highest BCUT2D eigenvalue weighted by Crippen LogP contribution is 2.18. The predicted octanol–water partition coefficient (Wildman–Crippen LogP) is 3.51. The molecule has 0 saturated heterocycles. The van der Waals surface area contributed by atoms with Gasteiger partial charge in [0, 0.05) is 17.1 Å². The van der Waals surface area contributed by atoms with E-state index < -0.39 is 0 Å². The quantitative estimate of drug-likeness (QED) is 0.782. The van der Waals surface area contributed by atoms with Crippen LogP contribution in [0.2, 0.25) is 0 Å². The van der Waals surface area contributed by atoms with Crippen molar-refractivity contribution >= 4 is 37.8 Å². The molecule has 1 aromatic rings. The number of alkyl halides is 2. The van der Waals surface area contributed by atoms with Gasteiger partial charge in [0.15, 0.2) is 5.76 Å². The van der Waals surface area contributed by atoms with E-state index in [2.05, 4.69) is 37.2 Å². The summed E-state index contributed by atoms with van der Waals surface area (Å²) in [6.07, 6.45) is 1.64. The maximum Gasteiger partial charge on any atom is 0.287 e. The molecular weight excluding hydrogens is 350 g/mol. The Kier molecular flexibility index (Phi) is 5.73. The van der Waals surface area contributed by atoms with E-state index in [0.717, 1.165) is 18.6 Å². The fraction of sp³-hybridized carbons (Fsp3) is 0.583. The molecule has 1 heterocycles. The fourth-order valence-electron chi connectivity index (χ4n) is 1.37. The minimum Gasteiger partial charge on any atom is -0.456 e. The van der Waals surface area contributed by atoms with Gasteiger partial charge in [-0.2, -0.15) is 0 Å². The molecule has 3 nitrogen and oxygen atoms in total. The van der Waals surface area contributed by atoms with Gasteiger partial charge in [0.1, 0.15) is 5.76 Å². The third-order valence-corrected chi connectivity index (χ3v) is 4.95. The van der Waals surface area contributed by atoms with Gasteiger partial charge in [0.25, 0.3) is 5.91 Å². The molecular formula is C12H17Br2NO2. The summed E-state index contributed by atoms with van der Waals surface area (Å²) in [5.41, 5.74) is -0.268. The average Bonchev–Trinajstić information content (AvgIpc) is 2.85. The lowest BCUT2D eigenvalue weighted by molar-refractivity contribution is 0.0885. The molecule has 0 radical (unpaired) electrons. The van der Waals surface area contributed by atoms with Gasteiger partial charge in [0.2, 0.25) is 0 Å². The number of hydrogen-bond donors (Lipinski definition) is 1. The molecule has 0 aliphatic carbocycles. The Hall–Kier alpha value is -0.290. The Morgan fingerprint density at radius 2 is 2.00 bits per heavy atom. The molecule has 0 atom stereocenters. The van der Waals surface area contributed by atoms with E-state index >= 15 is 0 Å². The number of furan rings is 1. The van der Waals surface area contributed by atoms with Crippen LogP contribution < -0.4 is 5.32 Å². The number of hydrogen-bond acceptors (Lipinski definition) is 2. The smallest absolute Gasteiger partial charge is 0.287 e. The van der Waals surface area contributed by atoms with Crippen molar-refractivity contribution in [2.45, 2.75) is 32.2 Å². The molecule has 0 unspecified atom stereocenters. The van der Waals surface area contributed by atoms with Crippen LogP contribution in [0.4, 0.5) is 0 Å². The van der Waals surface area contributed by atoms with Gasteiger partial charge in [-0.25, -0.2) is 0 Å². The van der Waals surface area contributed by atoms with Crippen LogP contribution in [0.3, 0.4) is 0 Å². The van der Waals surface area contributed by atoms with Crippen molar-refractivity contribution < 1.29 is 9.21 Å². The minimum atomic E-state index is -0.268. The average molecular weight is 367 g/mol. The molecule has 0 fully saturated rings. The molecule has 0 aliphatic rings. The summed E-state index contributed by atoms with van der Waals surface area (Å²) in [6, 6.07) is 3.56. The highest BCUT2D eigenvalue weighted by atomic mass is 79.9. The largest absolute Gasteiger partial charge is 0.456 e. The van der Waals surface area contributed by atoms with Crippen molar-refractivity contribution in [1.29, 1.82) is 0 Å². The zero-order valence-electron chi connectivity index (χ0n) is 10.1. The van der Waals surface area contributed by atoms with Crippen molar-refractivity contribution in [1.82, 2.24) is 5.32 Å². The van der Waals surface area contributed by atoms with Crippen LogP contribution in [0.15, 0.2) is 16.5 Å². The molecule has 0 bridgehead atoms. The molecule has 0 saturated carbocycles. The predicted molar refractivity (Wildman–Crippen MR) is 76.2 cm³/mol. The highest BCUT2D eigenvalue weighted by molar-refractivity contribution is 9.09. The molecule has 96 valence electrons. The number of amides is 1. The maximum absolute atomic E-state index is 12.0. The number of aryl methyl sites for hydroxylation is 1. The van der Waals surface area contributed by atoms with E-state index in [-0.39, 0.29) is 11.4 Å². The lowest BCUT2D eigenvalue weighted by Crippen LogP contribution is -2.51. The zero-order chi connectivity index (χ0) is 12.9. The lowest BCUT2D eigenvalue weighted by Gasteiger charge is -2.29. The first-order chi connectivity index (χ1) is 8.10. The number of nitrogens with one attached hydrogen (secondary N) is 1. The second-order valence-corrected chi connectivity index (χ2v) is 5.10. The Balaban J connectivity index is 2.77. The first-order valence-corrected chi connectivity index (χ1v) is 7.88. The van der Waals surface area contributed by atoms with Gasteiger partial charge in [-0.1, -0.05) is 45.7 Å². The summed E-state index contributed by atoms with van der Waals surface area (Å²) in [7, 11) is 0. The number of carbonyl (C=O) groups is 1. The third-order valence-electron chi connectivity index (χ3n) is 2.80. The van der Waals surface area contributed by atoms with Crippen molar-refractivity contribution in [3.8, 4) is 0 Å². The summed E-state index contributed by atoms with van der Waals surface area (Å²) < 4.78 is 5.43. The van der Waals surface area contributed by atoms with E-state index in [9.17, 15) is 4.79 Å². The Bertz CT molecular complexity index is 364. The van der Waals surface area contributed by atoms with Crippen molar-refractivity contribution in [2.75, 3.05) is 10.7 Å². The van der Waals surface area contributed by atoms with Crippen LogP contribution in [-0.4, -0.2) is 22.1 Å². The van der Waals surface area contributed by atoms with E-state index in [0.29, 0.717) is 16.4 Å². The summed E-state index contributed by atoms with van der Waals surface area (Å²) in [6.45, 7) is 4.04.